The summed E-state index contributed by atoms with van der Waals surface area (Å²) < 4.78 is 17.1. The Morgan fingerprint density at radius 3 is 2.30 bits per heavy atom. The molecular weight excluding hydrogens is 535 g/mol. The molecule has 6 rings (SSSR count). The summed E-state index contributed by atoms with van der Waals surface area (Å²) in [6, 6.07) is 17.8. The van der Waals surface area contributed by atoms with Gasteiger partial charge in [-0.3, -0.25) is 4.79 Å². The second kappa shape index (κ2) is 10.5. The number of carboxylic acid groups (broad SMARTS) is 1. The molecule has 0 bridgehead atoms. The van der Waals surface area contributed by atoms with Gasteiger partial charge in [-0.15, -0.1) is 0 Å². The lowest BCUT2D eigenvalue weighted by molar-refractivity contribution is 0.0695. The average Bonchev–Trinajstić information content (AvgIpc) is 3.47. The lowest BCUT2D eigenvalue weighted by atomic mass is 10.1. The summed E-state index contributed by atoms with van der Waals surface area (Å²) in [5.41, 5.74) is 2.20. The van der Waals surface area contributed by atoms with Gasteiger partial charge in [0.2, 0.25) is 5.43 Å². The van der Waals surface area contributed by atoms with E-state index in [2.05, 4.69) is 15.1 Å². The fourth-order valence-corrected chi connectivity index (χ4v) is 5.26. The molecule has 0 unspecified atom stereocenters. The summed E-state index contributed by atoms with van der Waals surface area (Å²) in [7, 11) is 0. The predicted octanol–water partition coefficient (Wildman–Crippen LogP) is 4.45. The van der Waals surface area contributed by atoms with Crippen LogP contribution in [0.5, 0.6) is 0 Å². The van der Waals surface area contributed by atoms with Crippen LogP contribution in [-0.4, -0.2) is 56.8 Å². The Morgan fingerprint density at radius 2 is 1.62 bits per heavy atom. The first-order chi connectivity index (χ1) is 19.4. The zero-order chi connectivity index (χ0) is 27.8. The van der Waals surface area contributed by atoms with Gasteiger partial charge in [-0.2, -0.15) is 15.0 Å². The van der Waals surface area contributed by atoms with Gasteiger partial charge in [0, 0.05) is 54.2 Å². The number of rotatable bonds is 6. The Bertz CT molecular complexity index is 1760. The predicted molar refractivity (Wildman–Crippen MR) is 151 cm³/mol. The van der Waals surface area contributed by atoms with Crippen LogP contribution in [0.15, 0.2) is 84.0 Å². The highest BCUT2D eigenvalue weighted by Gasteiger charge is 2.23. The summed E-state index contributed by atoms with van der Waals surface area (Å²) in [6.45, 7) is 2.91. The van der Waals surface area contributed by atoms with Crippen molar-refractivity contribution < 1.29 is 14.3 Å². The van der Waals surface area contributed by atoms with E-state index in [1.54, 1.807) is 27.8 Å². The fraction of sp³-hybridized carbons (Fsp3) is 0.172. The number of benzene rings is 3. The summed E-state index contributed by atoms with van der Waals surface area (Å²) in [4.78, 5) is 30.6. The Labute approximate surface area is 233 Å². The third-order valence-corrected chi connectivity index (χ3v) is 7.34. The van der Waals surface area contributed by atoms with Crippen molar-refractivity contribution in [3.8, 4) is 5.69 Å². The van der Waals surface area contributed by atoms with Crippen LogP contribution in [-0.2, 0) is 6.54 Å². The number of aromatic nitrogens is 4. The molecule has 0 radical (unpaired) electrons. The number of pyridine rings is 1. The number of hydrogen-bond acceptors (Lipinski definition) is 6. The second-order valence-corrected chi connectivity index (χ2v) is 9.98. The molecule has 5 aromatic rings. The van der Waals surface area contributed by atoms with E-state index in [0.29, 0.717) is 54.6 Å². The quantitative estimate of drug-likeness (QED) is 0.329. The molecule has 11 heteroatoms. The van der Waals surface area contributed by atoms with Crippen molar-refractivity contribution >= 4 is 39.8 Å². The van der Waals surface area contributed by atoms with Gasteiger partial charge in [0.25, 0.3) is 0 Å². The van der Waals surface area contributed by atoms with Gasteiger partial charge in [-0.05, 0) is 48.0 Å². The molecule has 202 valence electrons. The molecule has 0 spiro atoms. The Kier molecular flexibility index (Phi) is 6.69. The van der Waals surface area contributed by atoms with Crippen LogP contribution >= 0.6 is 11.6 Å². The number of piperazine rings is 1. The van der Waals surface area contributed by atoms with Crippen molar-refractivity contribution in [3.63, 3.8) is 0 Å². The SMILES string of the molecule is O=C(O)c1cn(-c2ccc(Cn3nccn3)cc2)c2cc(N3CCN(c4cccc(Cl)c4)CC3)c(F)cc2c1=O. The number of nitrogens with zero attached hydrogens (tertiary/aromatic N) is 6. The number of anilines is 2. The molecule has 40 heavy (non-hydrogen) atoms. The number of carboxylic acids is 1. The number of halogens is 2. The minimum absolute atomic E-state index is 0.00327. The summed E-state index contributed by atoms with van der Waals surface area (Å²) in [6.07, 6.45) is 4.50. The van der Waals surface area contributed by atoms with Crippen LogP contribution in [0.1, 0.15) is 15.9 Å². The first kappa shape index (κ1) is 25.6. The molecule has 1 aliphatic heterocycles. The van der Waals surface area contributed by atoms with Crippen molar-refractivity contribution in [2.45, 2.75) is 6.54 Å². The molecule has 2 aromatic heterocycles. The van der Waals surface area contributed by atoms with Crippen molar-refractivity contribution in [1.29, 1.82) is 0 Å². The Hall–Kier alpha value is -4.70. The minimum atomic E-state index is -1.37. The maximum Gasteiger partial charge on any atom is 0.341 e. The summed E-state index contributed by atoms with van der Waals surface area (Å²) in [5, 5.41) is 18.6. The smallest absolute Gasteiger partial charge is 0.341 e. The number of fused-ring (bicyclic) bond motifs is 1. The Balaban J connectivity index is 1.37. The highest BCUT2D eigenvalue weighted by atomic mass is 35.5. The molecule has 1 saturated heterocycles. The average molecular weight is 559 g/mol. The monoisotopic (exact) mass is 558 g/mol. The molecule has 0 amide bonds. The normalized spacial score (nSPS) is 13.7. The highest BCUT2D eigenvalue weighted by Crippen LogP contribution is 2.29. The largest absolute Gasteiger partial charge is 0.477 e. The lowest BCUT2D eigenvalue weighted by Crippen LogP contribution is -2.46. The third kappa shape index (κ3) is 4.89. The van der Waals surface area contributed by atoms with E-state index in [1.807, 2.05) is 53.4 Å². The molecule has 0 atom stereocenters. The van der Waals surface area contributed by atoms with E-state index in [9.17, 15) is 14.7 Å². The maximum atomic E-state index is 15.5. The molecule has 0 saturated carbocycles. The van der Waals surface area contributed by atoms with Crippen LogP contribution in [0.3, 0.4) is 0 Å². The van der Waals surface area contributed by atoms with Crippen molar-refractivity contribution in [2.75, 3.05) is 36.0 Å². The molecule has 1 fully saturated rings. The van der Waals surface area contributed by atoms with E-state index in [0.717, 1.165) is 17.3 Å². The highest BCUT2D eigenvalue weighted by molar-refractivity contribution is 6.30. The van der Waals surface area contributed by atoms with Crippen LogP contribution in [0, 0.1) is 5.82 Å². The number of carbonyl (C=O) groups is 1. The van der Waals surface area contributed by atoms with Crippen LogP contribution in [0.4, 0.5) is 15.8 Å². The summed E-state index contributed by atoms with van der Waals surface area (Å²) >= 11 is 6.16. The molecular formula is C29H24ClFN6O3. The standard InChI is InChI=1S/C29H24ClFN6O3/c30-20-2-1-3-22(14-20)34-10-12-35(13-11-34)27-16-26-23(15-25(27)31)28(38)24(29(39)40)18-36(26)21-6-4-19(5-7-21)17-37-32-8-9-33-37/h1-9,14-16,18H,10-13,17H2,(H,39,40). The van der Waals surface area contributed by atoms with Gasteiger partial charge in [0.15, 0.2) is 0 Å². The van der Waals surface area contributed by atoms with E-state index in [4.69, 9.17) is 11.6 Å². The topological polar surface area (TPSA) is 96.5 Å². The van der Waals surface area contributed by atoms with Gasteiger partial charge < -0.3 is 19.5 Å². The van der Waals surface area contributed by atoms with Crippen LogP contribution < -0.4 is 15.2 Å². The van der Waals surface area contributed by atoms with E-state index in [1.165, 1.54) is 6.20 Å². The zero-order valence-corrected chi connectivity index (χ0v) is 22.0. The minimum Gasteiger partial charge on any atom is -0.477 e. The molecule has 3 aromatic carbocycles. The van der Waals surface area contributed by atoms with Crippen LogP contribution in [0.25, 0.3) is 16.6 Å². The van der Waals surface area contributed by atoms with Gasteiger partial charge >= 0.3 is 5.97 Å². The molecule has 0 aliphatic carbocycles. The first-order valence-corrected chi connectivity index (χ1v) is 13.1. The Morgan fingerprint density at radius 1 is 0.925 bits per heavy atom. The molecule has 9 nitrogen and oxygen atoms in total. The van der Waals surface area contributed by atoms with E-state index in [-0.39, 0.29) is 5.39 Å². The maximum absolute atomic E-state index is 15.5. The lowest BCUT2D eigenvalue weighted by Gasteiger charge is -2.37. The van der Waals surface area contributed by atoms with Crippen molar-refractivity contribution in [2.24, 2.45) is 0 Å². The number of aromatic carboxylic acids is 1. The first-order valence-electron chi connectivity index (χ1n) is 12.7. The fourth-order valence-electron chi connectivity index (χ4n) is 5.07. The summed E-state index contributed by atoms with van der Waals surface area (Å²) in [5.74, 6) is -1.94. The zero-order valence-electron chi connectivity index (χ0n) is 21.2. The third-order valence-electron chi connectivity index (χ3n) is 7.10. The second-order valence-electron chi connectivity index (χ2n) is 9.55. The molecule has 3 heterocycles. The van der Waals surface area contributed by atoms with Crippen molar-refractivity contribution in [3.05, 3.63) is 111 Å². The van der Waals surface area contributed by atoms with Gasteiger partial charge in [0.05, 0.1) is 30.1 Å². The van der Waals surface area contributed by atoms with E-state index >= 15 is 4.39 Å². The number of hydrogen-bond donors (Lipinski definition) is 1. The van der Waals surface area contributed by atoms with E-state index < -0.39 is 22.8 Å². The van der Waals surface area contributed by atoms with Crippen molar-refractivity contribution in [1.82, 2.24) is 19.6 Å². The van der Waals surface area contributed by atoms with Gasteiger partial charge in [-0.25, -0.2) is 9.18 Å². The van der Waals surface area contributed by atoms with Gasteiger partial charge in [0.1, 0.15) is 11.4 Å². The van der Waals surface area contributed by atoms with Gasteiger partial charge in [-0.1, -0.05) is 29.8 Å². The molecule has 1 aliphatic rings. The molecule has 1 N–H and O–H groups in total. The van der Waals surface area contributed by atoms with Crippen LogP contribution in [0.2, 0.25) is 5.02 Å².